The fourth-order valence-electron chi connectivity index (χ4n) is 2.82. The smallest absolute Gasteiger partial charge is 0.149 e. The van der Waals surface area contributed by atoms with Crippen LogP contribution in [0.25, 0.3) is 0 Å². The minimum absolute atomic E-state index is 0.440. The van der Waals surface area contributed by atoms with Gasteiger partial charge in [0.15, 0.2) is 0 Å². The van der Waals surface area contributed by atoms with Crippen LogP contribution in [0.5, 0.6) is 0 Å². The Morgan fingerprint density at radius 3 is 2.47 bits per heavy atom. The van der Waals surface area contributed by atoms with E-state index in [1.54, 1.807) is 13.4 Å². The van der Waals surface area contributed by atoms with Crippen molar-refractivity contribution in [3.05, 3.63) is 11.8 Å². The summed E-state index contributed by atoms with van der Waals surface area (Å²) in [6.45, 7) is 2.25. The van der Waals surface area contributed by atoms with E-state index in [0.29, 0.717) is 5.92 Å². The molecule has 0 amide bonds. The summed E-state index contributed by atoms with van der Waals surface area (Å²) in [5.74, 6) is 1.34. The van der Waals surface area contributed by atoms with Gasteiger partial charge in [-0.1, -0.05) is 32.6 Å². The number of methoxy groups -OCH3 is 1. The van der Waals surface area contributed by atoms with Crippen LogP contribution >= 0.6 is 0 Å². The van der Waals surface area contributed by atoms with Crippen LogP contribution < -0.4 is 0 Å². The maximum atomic E-state index is 10.9. The van der Waals surface area contributed by atoms with E-state index in [9.17, 15) is 4.79 Å². The molecule has 0 aromatic carbocycles. The van der Waals surface area contributed by atoms with Gasteiger partial charge in [0.05, 0.1) is 13.4 Å². The van der Waals surface area contributed by atoms with Crippen molar-refractivity contribution in [1.29, 1.82) is 0 Å². The SMILES string of the molecule is CCCCCC1CCC(/C(C=O)=C\OC)CC1. The van der Waals surface area contributed by atoms with Gasteiger partial charge in [0, 0.05) is 5.57 Å². The van der Waals surface area contributed by atoms with Gasteiger partial charge in [-0.15, -0.1) is 0 Å². The van der Waals surface area contributed by atoms with Crippen molar-refractivity contribution in [3.63, 3.8) is 0 Å². The average molecular weight is 238 g/mol. The van der Waals surface area contributed by atoms with Crippen LogP contribution in [0.1, 0.15) is 58.3 Å². The highest BCUT2D eigenvalue weighted by Gasteiger charge is 2.23. The Hall–Kier alpha value is -0.790. The molecule has 0 bridgehead atoms. The summed E-state index contributed by atoms with van der Waals surface area (Å²) >= 11 is 0. The Labute approximate surface area is 105 Å². The molecule has 1 aliphatic carbocycles. The summed E-state index contributed by atoms with van der Waals surface area (Å²) in [6, 6.07) is 0. The highest BCUT2D eigenvalue weighted by atomic mass is 16.5. The molecule has 0 aromatic rings. The summed E-state index contributed by atoms with van der Waals surface area (Å²) < 4.78 is 4.96. The molecule has 98 valence electrons. The molecule has 0 heterocycles. The molecule has 0 spiro atoms. The third-order valence-corrected chi connectivity index (χ3v) is 3.92. The van der Waals surface area contributed by atoms with Crippen molar-refractivity contribution in [2.24, 2.45) is 11.8 Å². The lowest BCUT2D eigenvalue weighted by Crippen LogP contribution is -2.17. The minimum atomic E-state index is 0.440. The molecule has 1 rings (SSSR count). The van der Waals surface area contributed by atoms with Crippen molar-refractivity contribution < 1.29 is 9.53 Å². The number of unbranched alkanes of at least 4 members (excludes halogenated alkanes) is 2. The third-order valence-electron chi connectivity index (χ3n) is 3.92. The van der Waals surface area contributed by atoms with Gasteiger partial charge in [-0.2, -0.15) is 0 Å². The zero-order valence-corrected chi connectivity index (χ0v) is 11.3. The molecule has 0 aliphatic heterocycles. The Kier molecular flexibility index (Phi) is 6.99. The Balaban J connectivity index is 2.29. The lowest BCUT2D eigenvalue weighted by Gasteiger charge is -2.28. The molecule has 0 atom stereocenters. The highest BCUT2D eigenvalue weighted by Crippen LogP contribution is 2.35. The summed E-state index contributed by atoms with van der Waals surface area (Å²) in [7, 11) is 1.61. The number of aldehydes is 1. The summed E-state index contributed by atoms with van der Waals surface area (Å²) in [4.78, 5) is 10.9. The van der Waals surface area contributed by atoms with Crippen molar-refractivity contribution in [2.75, 3.05) is 7.11 Å². The molecular formula is C15H26O2. The lowest BCUT2D eigenvalue weighted by molar-refractivity contribution is -0.105. The predicted molar refractivity (Wildman–Crippen MR) is 70.7 cm³/mol. The monoisotopic (exact) mass is 238 g/mol. The molecular weight excluding hydrogens is 212 g/mol. The second kappa shape index (κ2) is 8.32. The first kappa shape index (κ1) is 14.3. The molecule has 0 radical (unpaired) electrons. The Morgan fingerprint density at radius 2 is 1.94 bits per heavy atom. The molecule has 1 fully saturated rings. The zero-order chi connectivity index (χ0) is 12.5. The fraction of sp³-hybridized carbons (Fsp3) is 0.800. The third kappa shape index (κ3) is 4.93. The molecule has 0 unspecified atom stereocenters. The fourth-order valence-corrected chi connectivity index (χ4v) is 2.82. The van der Waals surface area contributed by atoms with Crippen LogP contribution in [0.2, 0.25) is 0 Å². The first-order valence-corrected chi connectivity index (χ1v) is 6.99. The zero-order valence-electron chi connectivity index (χ0n) is 11.3. The first-order chi connectivity index (χ1) is 8.31. The van der Waals surface area contributed by atoms with Crippen LogP contribution in [0.4, 0.5) is 0 Å². The van der Waals surface area contributed by atoms with Crippen LogP contribution in [-0.2, 0) is 9.53 Å². The van der Waals surface area contributed by atoms with Crippen LogP contribution in [0, 0.1) is 11.8 Å². The van der Waals surface area contributed by atoms with Crippen molar-refractivity contribution in [1.82, 2.24) is 0 Å². The van der Waals surface area contributed by atoms with E-state index in [1.165, 1.54) is 38.5 Å². The van der Waals surface area contributed by atoms with Gasteiger partial charge in [-0.3, -0.25) is 4.79 Å². The van der Waals surface area contributed by atoms with Gasteiger partial charge in [0.1, 0.15) is 6.29 Å². The van der Waals surface area contributed by atoms with Crippen LogP contribution in [0.15, 0.2) is 11.8 Å². The molecule has 0 saturated heterocycles. The highest BCUT2D eigenvalue weighted by molar-refractivity contribution is 5.73. The maximum absolute atomic E-state index is 10.9. The molecule has 2 heteroatoms. The maximum Gasteiger partial charge on any atom is 0.149 e. The van der Waals surface area contributed by atoms with E-state index in [1.807, 2.05) is 0 Å². The Bertz CT molecular complexity index is 237. The molecule has 1 aliphatic rings. The number of carbonyl (C=O) groups excluding carboxylic acids is 1. The number of hydrogen-bond donors (Lipinski definition) is 0. The molecule has 1 saturated carbocycles. The number of ether oxygens (including phenoxy) is 1. The number of carbonyl (C=O) groups is 1. The van der Waals surface area contributed by atoms with Crippen molar-refractivity contribution in [2.45, 2.75) is 58.3 Å². The van der Waals surface area contributed by atoms with Gasteiger partial charge in [0.2, 0.25) is 0 Å². The quantitative estimate of drug-likeness (QED) is 0.289. The molecule has 2 nitrogen and oxygen atoms in total. The molecule has 17 heavy (non-hydrogen) atoms. The summed E-state index contributed by atoms with van der Waals surface area (Å²) in [6.07, 6.45) is 12.9. The standard InChI is InChI=1S/C15H26O2/c1-3-4-5-6-13-7-9-14(10-8-13)15(11-16)12-17-2/h11-14H,3-10H2,1-2H3/b15-12-. The predicted octanol–water partition coefficient (Wildman–Crippen LogP) is 4.10. The Morgan fingerprint density at radius 1 is 1.24 bits per heavy atom. The van der Waals surface area contributed by atoms with Crippen LogP contribution in [-0.4, -0.2) is 13.4 Å². The van der Waals surface area contributed by atoms with E-state index in [0.717, 1.165) is 30.6 Å². The normalized spacial score (nSPS) is 25.6. The first-order valence-electron chi connectivity index (χ1n) is 6.99. The van der Waals surface area contributed by atoms with Gasteiger partial charge in [-0.25, -0.2) is 0 Å². The van der Waals surface area contributed by atoms with Gasteiger partial charge >= 0.3 is 0 Å². The summed E-state index contributed by atoms with van der Waals surface area (Å²) in [5.41, 5.74) is 0.847. The van der Waals surface area contributed by atoms with Gasteiger partial charge in [0.25, 0.3) is 0 Å². The molecule has 0 aromatic heterocycles. The van der Waals surface area contributed by atoms with E-state index >= 15 is 0 Å². The number of hydrogen-bond acceptors (Lipinski definition) is 2. The van der Waals surface area contributed by atoms with E-state index in [4.69, 9.17) is 4.74 Å². The van der Waals surface area contributed by atoms with E-state index in [-0.39, 0.29) is 0 Å². The van der Waals surface area contributed by atoms with E-state index < -0.39 is 0 Å². The van der Waals surface area contributed by atoms with Crippen molar-refractivity contribution in [3.8, 4) is 0 Å². The van der Waals surface area contributed by atoms with Gasteiger partial charge < -0.3 is 4.74 Å². The van der Waals surface area contributed by atoms with Crippen LogP contribution in [0.3, 0.4) is 0 Å². The largest absolute Gasteiger partial charge is 0.504 e. The number of rotatable bonds is 7. The second-order valence-electron chi connectivity index (χ2n) is 5.18. The van der Waals surface area contributed by atoms with E-state index in [2.05, 4.69) is 6.92 Å². The summed E-state index contributed by atoms with van der Waals surface area (Å²) in [5, 5.41) is 0. The van der Waals surface area contributed by atoms with Crippen molar-refractivity contribution >= 4 is 6.29 Å². The molecule has 0 N–H and O–H groups in total. The number of allylic oxidation sites excluding steroid dienone is 1. The minimum Gasteiger partial charge on any atom is -0.504 e. The lowest BCUT2D eigenvalue weighted by atomic mass is 9.77. The second-order valence-corrected chi connectivity index (χ2v) is 5.18. The average Bonchev–Trinajstić information content (AvgIpc) is 2.37. The topological polar surface area (TPSA) is 26.3 Å². The van der Waals surface area contributed by atoms with Gasteiger partial charge in [-0.05, 0) is 37.5 Å².